The van der Waals surface area contributed by atoms with Gasteiger partial charge in [-0.2, -0.15) is 5.10 Å². The van der Waals surface area contributed by atoms with E-state index in [1.165, 1.54) is 0 Å². The van der Waals surface area contributed by atoms with Gasteiger partial charge in [-0.1, -0.05) is 13.3 Å². The van der Waals surface area contributed by atoms with Crippen molar-refractivity contribution >= 4 is 11.5 Å². The molecule has 1 heterocycles. The first kappa shape index (κ1) is 7.91. The fourth-order valence-corrected chi connectivity index (χ4v) is 0.938. The third kappa shape index (κ3) is 1.63. The lowest BCUT2D eigenvalue weighted by atomic mass is 10.2. The van der Waals surface area contributed by atoms with Crippen molar-refractivity contribution in [1.29, 1.82) is 0 Å². The van der Waals surface area contributed by atoms with E-state index in [4.69, 9.17) is 11.5 Å². The quantitative estimate of drug-likeness (QED) is 0.605. The Labute approximate surface area is 66.0 Å². The van der Waals surface area contributed by atoms with Crippen molar-refractivity contribution in [2.24, 2.45) is 0 Å². The highest BCUT2D eigenvalue weighted by Crippen LogP contribution is 2.16. The van der Waals surface area contributed by atoms with Crippen LogP contribution >= 0.6 is 0 Å². The molecule has 0 saturated heterocycles. The van der Waals surface area contributed by atoms with E-state index in [0.29, 0.717) is 11.5 Å². The Morgan fingerprint density at radius 1 is 1.45 bits per heavy atom. The van der Waals surface area contributed by atoms with E-state index in [2.05, 4.69) is 17.1 Å². The van der Waals surface area contributed by atoms with E-state index < -0.39 is 0 Å². The van der Waals surface area contributed by atoms with E-state index in [1.54, 1.807) is 0 Å². The Bertz CT molecular complexity index is 228. The fourth-order valence-electron chi connectivity index (χ4n) is 0.938. The zero-order valence-electron chi connectivity index (χ0n) is 6.72. The molecule has 0 aliphatic carbocycles. The van der Waals surface area contributed by atoms with Gasteiger partial charge in [-0.15, -0.1) is 0 Å². The molecule has 0 radical (unpaired) electrons. The number of hydrogen-bond acceptors (Lipinski definition) is 3. The third-order valence-electron chi connectivity index (χ3n) is 1.68. The minimum atomic E-state index is 0.483. The Morgan fingerprint density at radius 2 is 2.18 bits per heavy atom. The molecule has 0 bridgehead atoms. The lowest BCUT2D eigenvalue weighted by Gasteiger charge is -1.94. The maximum Gasteiger partial charge on any atom is 0.142 e. The van der Waals surface area contributed by atoms with Crippen molar-refractivity contribution < 1.29 is 0 Å². The molecule has 0 spiro atoms. The zero-order chi connectivity index (χ0) is 8.27. The minimum absolute atomic E-state index is 0.483. The van der Waals surface area contributed by atoms with E-state index in [1.807, 2.05) is 0 Å². The molecular formula is C7H14N4. The van der Waals surface area contributed by atoms with Crippen molar-refractivity contribution in [1.82, 2.24) is 10.2 Å². The second-order valence-corrected chi connectivity index (χ2v) is 2.60. The standard InChI is InChI=1S/C7H14N4/c1-2-3-4-5-6(8)7(9)11-10-5/h2-4,8H2,1H3,(H3,9,10,11). The summed E-state index contributed by atoms with van der Waals surface area (Å²) in [6.45, 7) is 2.13. The Morgan fingerprint density at radius 3 is 2.64 bits per heavy atom. The van der Waals surface area contributed by atoms with Crippen LogP contribution in [0.2, 0.25) is 0 Å². The highest BCUT2D eigenvalue weighted by molar-refractivity contribution is 5.61. The third-order valence-corrected chi connectivity index (χ3v) is 1.68. The van der Waals surface area contributed by atoms with Crippen LogP contribution in [0.25, 0.3) is 0 Å². The van der Waals surface area contributed by atoms with Gasteiger partial charge in [0.25, 0.3) is 0 Å². The molecule has 0 unspecified atom stereocenters. The zero-order valence-corrected chi connectivity index (χ0v) is 6.72. The molecule has 0 aromatic carbocycles. The molecule has 5 N–H and O–H groups in total. The largest absolute Gasteiger partial charge is 0.394 e. The average Bonchev–Trinajstić information content (AvgIpc) is 2.31. The van der Waals surface area contributed by atoms with Crippen molar-refractivity contribution in [2.75, 3.05) is 11.5 Å². The van der Waals surface area contributed by atoms with Gasteiger partial charge in [0.1, 0.15) is 5.82 Å². The highest BCUT2D eigenvalue weighted by atomic mass is 15.2. The van der Waals surface area contributed by atoms with Crippen molar-refractivity contribution in [3.8, 4) is 0 Å². The first-order valence-corrected chi connectivity index (χ1v) is 3.84. The molecule has 0 aliphatic heterocycles. The van der Waals surface area contributed by atoms with Crippen LogP contribution in [0, 0.1) is 0 Å². The van der Waals surface area contributed by atoms with Crippen LogP contribution in [0.1, 0.15) is 25.5 Å². The molecule has 1 aromatic rings. The van der Waals surface area contributed by atoms with E-state index >= 15 is 0 Å². The monoisotopic (exact) mass is 154 g/mol. The van der Waals surface area contributed by atoms with Gasteiger partial charge in [0.2, 0.25) is 0 Å². The molecule has 0 fully saturated rings. The number of unbranched alkanes of at least 4 members (excludes halogenated alkanes) is 1. The predicted molar refractivity (Wildman–Crippen MR) is 46.0 cm³/mol. The lowest BCUT2D eigenvalue weighted by Crippen LogP contribution is -1.94. The number of nitrogens with zero attached hydrogens (tertiary/aromatic N) is 1. The number of rotatable bonds is 3. The van der Waals surface area contributed by atoms with Gasteiger partial charge in [-0.3, -0.25) is 5.10 Å². The number of nitrogens with one attached hydrogen (secondary N) is 1. The van der Waals surface area contributed by atoms with Crippen molar-refractivity contribution in [3.05, 3.63) is 5.69 Å². The van der Waals surface area contributed by atoms with Crippen LogP contribution in [0.4, 0.5) is 11.5 Å². The number of H-pyrrole nitrogens is 1. The number of hydrogen-bond donors (Lipinski definition) is 3. The number of anilines is 2. The summed E-state index contributed by atoms with van der Waals surface area (Å²) in [6, 6.07) is 0. The Kier molecular flexibility index (Phi) is 2.36. The highest BCUT2D eigenvalue weighted by Gasteiger charge is 2.04. The second kappa shape index (κ2) is 3.27. The van der Waals surface area contributed by atoms with Crippen LogP contribution in [0.15, 0.2) is 0 Å². The smallest absolute Gasteiger partial charge is 0.142 e. The number of aromatic nitrogens is 2. The summed E-state index contributed by atoms with van der Waals surface area (Å²) < 4.78 is 0. The van der Waals surface area contributed by atoms with Gasteiger partial charge >= 0.3 is 0 Å². The topological polar surface area (TPSA) is 80.7 Å². The lowest BCUT2D eigenvalue weighted by molar-refractivity contribution is 0.773. The van der Waals surface area contributed by atoms with Crippen LogP contribution in [0.3, 0.4) is 0 Å². The second-order valence-electron chi connectivity index (χ2n) is 2.60. The molecule has 0 atom stereocenters. The summed E-state index contributed by atoms with van der Waals surface area (Å²) in [5.74, 6) is 0.483. The van der Waals surface area contributed by atoms with E-state index in [9.17, 15) is 0 Å². The van der Waals surface area contributed by atoms with Gasteiger partial charge < -0.3 is 11.5 Å². The van der Waals surface area contributed by atoms with Crippen LogP contribution in [0.5, 0.6) is 0 Å². The molecule has 0 saturated carbocycles. The van der Waals surface area contributed by atoms with Crippen LogP contribution in [-0.2, 0) is 6.42 Å². The van der Waals surface area contributed by atoms with Gasteiger partial charge in [0.15, 0.2) is 0 Å². The molecule has 0 aliphatic rings. The van der Waals surface area contributed by atoms with Gasteiger partial charge in [-0.25, -0.2) is 0 Å². The summed E-state index contributed by atoms with van der Waals surface area (Å²) in [5, 5.41) is 6.63. The minimum Gasteiger partial charge on any atom is -0.394 e. The molecular weight excluding hydrogens is 140 g/mol. The molecule has 11 heavy (non-hydrogen) atoms. The van der Waals surface area contributed by atoms with Crippen molar-refractivity contribution in [3.63, 3.8) is 0 Å². The summed E-state index contributed by atoms with van der Waals surface area (Å²) in [6.07, 6.45) is 3.16. The summed E-state index contributed by atoms with van der Waals surface area (Å²) in [4.78, 5) is 0. The molecule has 1 rings (SSSR count). The molecule has 62 valence electrons. The van der Waals surface area contributed by atoms with Gasteiger partial charge in [-0.05, 0) is 12.8 Å². The summed E-state index contributed by atoms with van der Waals surface area (Å²) in [7, 11) is 0. The number of nitrogen functional groups attached to an aromatic ring is 2. The molecule has 4 nitrogen and oxygen atoms in total. The van der Waals surface area contributed by atoms with E-state index in [-0.39, 0.29) is 0 Å². The Balaban J connectivity index is 2.63. The molecule has 0 amide bonds. The summed E-state index contributed by atoms with van der Waals surface area (Å²) in [5.41, 5.74) is 12.6. The normalized spacial score (nSPS) is 10.3. The number of aromatic amines is 1. The SMILES string of the molecule is CCCCc1n[nH]c(N)c1N. The maximum absolute atomic E-state index is 5.62. The number of nitrogens with two attached hydrogens (primary N) is 2. The first-order valence-electron chi connectivity index (χ1n) is 3.84. The van der Waals surface area contributed by atoms with E-state index in [0.717, 1.165) is 25.0 Å². The van der Waals surface area contributed by atoms with Crippen molar-refractivity contribution in [2.45, 2.75) is 26.2 Å². The van der Waals surface area contributed by atoms with Crippen LogP contribution < -0.4 is 11.5 Å². The summed E-state index contributed by atoms with van der Waals surface area (Å²) >= 11 is 0. The predicted octanol–water partition coefficient (Wildman–Crippen LogP) is 0.917. The molecule has 4 heteroatoms. The van der Waals surface area contributed by atoms with Crippen LogP contribution in [-0.4, -0.2) is 10.2 Å². The number of aryl methyl sites for hydroxylation is 1. The first-order chi connectivity index (χ1) is 5.25. The maximum atomic E-state index is 5.62. The Hall–Kier alpha value is -1.19. The van der Waals surface area contributed by atoms with Gasteiger partial charge in [0, 0.05) is 0 Å². The van der Waals surface area contributed by atoms with Gasteiger partial charge in [0.05, 0.1) is 11.4 Å². The average molecular weight is 154 g/mol. The molecule has 1 aromatic heterocycles. The fraction of sp³-hybridized carbons (Fsp3) is 0.571.